The molecule has 0 heterocycles. The zero-order valence-corrected chi connectivity index (χ0v) is 8.23. The van der Waals surface area contributed by atoms with Gasteiger partial charge >= 0.3 is 0 Å². The first-order chi connectivity index (χ1) is 6.83. The normalized spacial score (nSPS) is 20.8. The highest BCUT2D eigenvalue weighted by Gasteiger charge is 2.12. The van der Waals surface area contributed by atoms with E-state index in [1.807, 2.05) is 24.3 Å². The van der Waals surface area contributed by atoms with Gasteiger partial charge in [0.15, 0.2) is 0 Å². The van der Waals surface area contributed by atoms with Crippen LogP contribution in [0.3, 0.4) is 0 Å². The molecule has 14 heavy (non-hydrogen) atoms. The van der Waals surface area contributed by atoms with Crippen LogP contribution in [0.1, 0.15) is 0 Å². The van der Waals surface area contributed by atoms with Gasteiger partial charge in [-0.3, -0.25) is 4.99 Å². The van der Waals surface area contributed by atoms with E-state index in [1.165, 1.54) is 6.20 Å². The Bertz CT molecular complexity index is 357. The first-order valence-corrected chi connectivity index (χ1v) is 4.28. The lowest BCUT2D eigenvalue weighted by Gasteiger charge is -2.12. The molecule has 0 atom stereocenters. The van der Waals surface area contributed by atoms with E-state index >= 15 is 0 Å². The lowest BCUT2D eigenvalue weighted by Crippen LogP contribution is -2.09. The Morgan fingerprint density at radius 3 is 2.79 bits per heavy atom. The molecule has 0 aromatic rings. The third kappa shape index (κ3) is 2.10. The maximum atomic E-state index is 5.19. The molecule has 0 spiro atoms. The standard InChI is InChI=1S/C12H13NO/c1-4-7-10-8-6-9-11(14-3)12(10)13-5-2/h4-9H,1-2H2,3H3/b10-7-,13-12+. The average Bonchev–Trinajstić information content (AvgIpc) is 2.21. The summed E-state index contributed by atoms with van der Waals surface area (Å²) in [5, 5.41) is 0. The van der Waals surface area contributed by atoms with Crippen LogP contribution in [0.5, 0.6) is 0 Å². The molecule has 0 unspecified atom stereocenters. The molecular formula is C12H13NO. The van der Waals surface area contributed by atoms with Gasteiger partial charge in [0.2, 0.25) is 0 Å². The van der Waals surface area contributed by atoms with Crippen LogP contribution in [0.25, 0.3) is 0 Å². The lowest BCUT2D eigenvalue weighted by atomic mass is 10.0. The quantitative estimate of drug-likeness (QED) is 0.665. The summed E-state index contributed by atoms with van der Waals surface area (Å²) in [6, 6.07) is 0. The van der Waals surface area contributed by atoms with Gasteiger partial charge in [0.25, 0.3) is 0 Å². The van der Waals surface area contributed by atoms with Crippen molar-refractivity contribution in [1.29, 1.82) is 0 Å². The number of hydrogen-bond donors (Lipinski definition) is 0. The van der Waals surface area contributed by atoms with Gasteiger partial charge in [0.1, 0.15) is 11.5 Å². The Hall–Kier alpha value is -1.83. The molecule has 1 rings (SSSR count). The van der Waals surface area contributed by atoms with Crippen molar-refractivity contribution in [2.75, 3.05) is 7.11 Å². The number of allylic oxidation sites excluding steroid dienone is 6. The van der Waals surface area contributed by atoms with Crippen molar-refractivity contribution < 1.29 is 4.74 Å². The first kappa shape index (κ1) is 10.3. The van der Waals surface area contributed by atoms with Crippen LogP contribution in [-0.4, -0.2) is 12.8 Å². The summed E-state index contributed by atoms with van der Waals surface area (Å²) < 4.78 is 5.19. The molecule has 0 amide bonds. The minimum Gasteiger partial charge on any atom is -0.494 e. The summed E-state index contributed by atoms with van der Waals surface area (Å²) in [5.74, 6) is 0.737. The number of methoxy groups -OCH3 is 1. The fraction of sp³-hybridized carbons (Fsp3) is 0.0833. The zero-order chi connectivity index (χ0) is 10.4. The van der Waals surface area contributed by atoms with Gasteiger partial charge in [0, 0.05) is 11.8 Å². The Morgan fingerprint density at radius 1 is 1.43 bits per heavy atom. The molecular weight excluding hydrogens is 174 g/mol. The van der Waals surface area contributed by atoms with Crippen LogP contribution in [0.4, 0.5) is 0 Å². The smallest absolute Gasteiger partial charge is 0.145 e. The van der Waals surface area contributed by atoms with E-state index in [0.717, 1.165) is 17.0 Å². The molecule has 1 aliphatic rings. The second kappa shape index (κ2) is 5.02. The average molecular weight is 187 g/mol. The van der Waals surface area contributed by atoms with Crippen LogP contribution in [0, 0.1) is 0 Å². The van der Waals surface area contributed by atoms with E-state index in [9.17, 15) is 0 Å². The van der Waals surface area contributed by atoms with Crippen LogP contribution < -0.4 is 0 Å². The second-order valence-corrected chi connectivity index (χ2v) is 2.61. The highest BCUT2D eigenvalue weighted by atomic mass is 16.5. The fourth-order valence-corrected chi connectivity index (χ4v) is 1.19. The van der Waals surface area contributed by atoms with Crippen molar-refractivity contribution in [3.8, 4) is 0 Å². The van der Waals surface area contributed by atoms with Crippen LogP contribution >= 0.6 is 0 Å². The molecule has 2 nitrogen and oxygen atoms in total. The fourth-order valence-electron chi connectivity index (χ4n) is 1.19. The number of rotatable bonds is 3. The van der Waals surface area contributed by atoms with E-state index in [0.29, 0.717) is 0 Å². The van der Waals surface area contributed by atoms with Crippen molar-refractivity contribution in [3.63, 3.8) is 0 Å². The molecule has 1 aliphatic carbocycles. The SMILES string of the molecule is C=C/C=C1/C=CC=C(OC)/C1=N/C=C. The third-order valence-corrected chi connectivity index (χ3v) is 1.77. The van der Waals surface area contributed by atoms with Gasteiger partial charge in [-0.2, -0.15) is 0 Å². The molecule has 0 saturated heterocycles. The first-order valence-electron chi connectivity index (χ1n) is 4.28. The number of hydrogen-bond acceptors (Lipinski definition) is 2. The summed E-state index contributed by atoms with van der Waals surface area (Å²) >= 11 is 0. The molecule has 0 aromatic heterocycles. The van der Waals surface area contributed by atoms with Crippen molar-refractivity contribution >= 4 is 5.71 Å². The van der Waals surface area contributed by atoms with E-state index < -0.39 is 0 Å². The van der Waals surface area contributed by atoms with E-state index in [2.05, 4.69) is 18.2 Å². The Kier molecular flexibility index (Phi) is 3.68. The van der Waals surface area contributed by atoms with Crippen molar-refractivity contribution in [1.82, 2.24) is 0 Å². The van der Waals surface area contributed by atoms with Crippen molar-refractivity contribution in [2.45, 2.75) is 0 Å². The van der Waals surface area contributed by atoms with Gasteiger partial charge in [0.05, 0.1) is 7.11 Å². The number of nitrogens with zero attached hydrogens (tertiary/aromatic N) is 1. The van der Waals surface area contributed by atoms with Crippen molar-refractivity contribution in [2.24, 2.45) is 4.99 Å². The minimum atomic E-state index is 0.737. The predicted molar refractivity (Wildman–Crippen MR) is 60.1 cm³/mol. The summed E-state index contributed by atoms with van der Waals surface area (Å²) in [7, 11) is 1.62. The van der Waals surface area contributed by atoms with Gasteiger partial charge in [-0.05, 0) is 6.08 Å². The van der Waals surface area contributed by atoms with Gasteiger partial charge < -0.3 is 4.74 Å². The highest BCUT2D eigenvalue weighted by molar-refractivity contribution is 6.14. The predicted octanol–water partition coefficient (Wildman–Crippen LogP) is 2.78. The molecule has 0 fully saturated rings. The van der Waals surface area contributed by atoms with Crippen LogP contribution in [0.2, 0.25) is 0 Å². The van der Waals surface area contributed by atoms with Gasteiger partial charge in [-0.1, -0.05) is 37.5 Å². The summed E-state index contributed by atoms with van der Waals surface area (Å²) in [4.78, 5) is 4.16. The molecule has 0 bridgehead atoms. The molecule has 0 radical (unpaired) electrons. The molecule has 0 aromatic carbocycles. The topological polar surface area (TPSA) is 21.6 Å². The second-order valence-electron chi connectivity index (χ2n) is 2.61. The summed E-state index contributed by atoms with van der Waals surface area (Å²) in [5.41, 5.74) is 1.75. The highest BCUT2D eigenvalue weighted by Crippen LogP contribution is 2.16. The van der Waals surface area contributed by atoms with Gasteiger partial charge in [-0.25, -0.2) is 0 Å². The zero-order valence-electron chi connectivity index (χ0n) is 8.23. The lowest BCUT2D eigenvalue weighted by molar-refractivity contribution is 0.315. The summed E-state index contributed by atoms with van der Waals surface area (Å²) in [6.07, 6.45) is 10.8. The monoisotopic (exact) mass is 187 g/mol. The molecule has 0 N–H and O–H groups in total. The van der Waals surface area contributed by atoms with Crippen LogP contribution in [0.15, 0.2) is 66.1 Å². The molecule has 0 aliphatic heterocycles. The molecule has 72 valence electrons. The minimum absolute atomic E-state index is 0.737. The Labute approximate surface area is 84.3 Å². The Morgan fingerprint density at radius 2 is 2.21 bits per heavy atom. The Balaban J connectivity index is 3.14. The van der Waals surface area contributed by atoms with E-state index in [-0.39, 0.29) is 0 Å². The number of aliphatic imine (C=N–C) groups is 1. The van der Waals surface area contributed by atoms with E-state index in [4.69, 9.17) is 4.74 Å². The van der Waals surface area contributed by atoms with E-state index in [1.54, 1.807) is 13.2 Å². The maximum absolute atomic E-state index is 5.19. The van der Waals surface area contributed by atoms with Crippen LogP contribution in [-0.2, 0) is 4.74 Å². The molecule has 2 heteroatoms. The molecule has 0 saturated carbocycles. The third-order valence-electron chi connectivity index (χ3n) is 1.77. The number of ether oxygens (including phenoxy) is 1. The maximum Gasteiger partial charge on any atom is 0.145 e. The largest absolute Gasteiger partial charge is 0.494 e. The van der Waals surface area contributed by atoms with Crippen molar-refractivity contribution in [3.05, 3.63) is 61.1 Å². The summed E-state index contributed by atoms with van der Waals surface area (Å²) in [6.45, 7) is 7.22. The van der Waals surface area contributed by atoms with Gasteiger partial charge in [-0.15, -0.1) is 0 Å².